The molecule has 1 aromatic heterocycles. The molecule has 0 aromatic carbocycles. The van der Waals surface area contributed by atoms with Crippen molar-refractivity contribution < 1.29 is 4.79 Å². The molecule has 0 fully saturated rings. The molecule has 0 N–H and O–H groups in total. The Labute approximate surface area is 140 Å². The standard InChI is InChI=1S/C13H17ClN2O.C3H4.C2H6/c1-4-10(3)16(5-2)13-7-6-11(9-15-13)12(17)8-14;1-3-2;1-2/h4,6-7,9H,5,8H2,1-3H3;1H,2H3;1-2H3/b10-4-;;. The lowest BCUT2D eigenvalue weighted by molar-refractivity contribution is 0.102. The number of halogens is 1. The third-order valence-corrected chi connectivity index (χ3v) is 2.87. The maximum absolute atomic E-state index is 11.4. The quantitative estimate of drug-likeness (QED) is 0.438. The Morgan fingerprint density at radius 3 is 2.32 bits per heavy atom. The SMILES string of the molecule is C#CC.C/C=C(/C)N(CC)c1ccc(C(=O)CCl)cn1.CC. The van der Waals surface area contributed by atoms with Crippen molar-refractivity contribution in [3.63, 3.8) is 0 Å². The number of terminal acetylenes is 1. The number of pyridine rings is 1. The number of allylic oxidation sites excluding steroid dienone is 2. The zero-order valence-corrected chi connectivity index (χ0v) is 15.2. The highest BCUT2D eigenvalue weighted by atomic mass is 35.5. The normalized spacial score (nSPS) is 9.45. The van der Waals surface area contributed by atoms with Crippen molar-refractivity contribution in [3.8, 4) is 12.3 Å². The van der Waals surface area contributed by atoms with E-state index in [9.17, 15) is 4.79 Å². The second-order valence-corrected chi connectivity index (χ2v) is 4.19. The van der Waals surface area contributed by atoms with Crippen LogP contribution in [0.5, 0.6) is 0 Å². The van der Waals surface area contributed by atoms with Crippen LogP contribution in [-0.4, -0.2) is 23.2 Å². The number of Topliss-reactive ketones (excluding diaryl/α,β-unsaturated/α-hetero) is 1. The fraction of sp³-hybridized carbons (Fsp3) is 0.444. The van der Waals surface area contributed by atoms with Crippen molar-refractivity contribution in [2.45, 2.75) is 41.5 Å². The first-order valence-corrected chi connectivity index (χ1v) is 7.92. The summed E-state index contributed by atoms with van der Waals surface area (Å²) in [6.07, 6.45) is 8.20. The zero-order valence-electron chi connectivity index (χ0n) is 14.5. The summed E-state index contributed by atoms with van der Waals surface area (Å²) in [7, 11) is 0. The first kappa shape index (κ1) is 22.5. The van der Waals surface area contributed by atoms with Gasteiger partial charge in [0, 0.05) is 24.0 Å². The van der Waals surface area contributed by atoms with Crippen molar-refractivity contribution >= 4 is 23.2 Å². The fourth-order valence-corrected chi connectivity index (χ4v) is 1.69. The largest absolute Gasteiger partial charge is 0.331 e. The molecule has 1 aromatic rings. The summed E-state index contributed by atoms with van der Waals surface area (Å²) >= 11 is 5.49. The van der Waals surface area contributed by atoms with Crippen molar-refractivity contribution in [2.75, 3.05) is 17.3 Å². The molecule has 0 saturated heterocycles. The Kier molecular flexibility index (Phi) is 14.5. The number of hydrogen-bond donors (Lipinski definition) is 0. The molecule has 0 spiro atoms. The van der Waals surface area contributed by atoms with Gasteiger partial charge in [0.15, 0.2) is 5.78 Å². The summed E-state index contributed by atoms with van der Waals surface area (Å²) in [5, 5.41) is 0. The van der Waals surface area contributed by atoms with Gasteiger partial charge in [0.1, 0.15) is 5.82 Å². The van der Waals surface area contributed by atoms with Crippen LogP contribution in [0.25, 0.3) is 0 Å². The van der Waals surface area contributed by atoms with E-state index in [-0.39, 0.29) is 11.7 Å². The predicted molar refractivity (Wildman–Crippen MR) is 97.6 cm³/mol. The van der Waals surface area contributed by atoms with Crippen LogP contribution in [0, 0.1) is 12.3 Å². The maximum Gasteiger partial charge on any atom is 0.179 e. The Morgan fingerprint density at radius 1 is 1.45 bits per heavy atom. The highest BCUT2D eigenvalue weighted by Gasteiger charge is 2.09. The molecule has 122 valence electrons. The van der Waals surface area contributed by atoms with Crippen molar-refractivity contribution in [3.05, 3.63) is 35.7 Å². The minimum Gasteiger partial charge on any atom is -0.331 e. The monoisotopic (exact) mass is 322 g/mol. The molecule has 0 aliphatic rings. The van der Waals surface area contributed by atoms with E-state index in [1.165, 1.54) is 0 Å². The summed E-state index contributed by atoms with van der Waals surface area (Å²) in [6, 6.07) is 3.61. The molecule has 3 nitrogen and oxygen atoms in total. The lowest BCUT2D eigenvalue weighted by Crippen LogP contribution is -2.21. The van der Waals surface area contributed by atoms with E-state index in [0.717, 1.165) is 18.1 Å². The van der Waals surface area contributed by atoms with E-state index in [4.69, 9.17) is 11.6 Å². The third kappa shape index (κ3) is 7.85. The Balaban J connectivity index is 0. The Bertz CT molecular complexity index is 487. The van der Waals surface area contributed by atoms with Gasteiger partial charge in [0.25, 0.3) is 0 Å². The predicted octanol–water partition coefficient (Wildman–Crippen LogP) is 4.92. The number of alkyl halides is 1. The molecular formula is C18H27ClN2O. The highest BCUT2D eigenvalue weighted by molar-refractivity contribution is 6.30. The first-order chi connectivity index (χ1) is 10.5. The number of carbonyl (C=O) groups is 1. The van der Waals surface area contributed by atoms with Gasteiger partial charge in [0.2, 0.25) is 0 Å². The van der Waals surface area contributed by atoms with Gasteiger partial charge in [-0.3, -0.25) is 4.79 Å². The van der Waals surface area contributed by atoms with Crippen molar-refractivity contribution in [1.29, 1.82) is 0 Å². The smallest absolute Gasteiger partial charge is 0.179 e. The molecule has 1 rings (SSSR count). The maximum atomic E-state index is 11.4. The molecular weight excluding hydrogens is 296 g/mol. The van der Waals surface area contributed by atoms with Crippen LogP contribution in [0.3, 0.4) is 0 Å². The van der Waals surface area contributed by atoms with Gasteiger partial charge in [-0.05, 0) is 39.8 Å². The van der Waals surface area contributed by atoms with E-state index in [0.29, 0.717) is 5.56 Å². The summed E-state index contributed by atoms with van der Waals surface area (Å²) in [6.45, 7) is 12.6. The van der Waals surface area contributed by atoms with Gasteiger partial charge in [-0.25, -0.2) is 4.98 Å². The van der Waals surface area contributed by atoms with Crippen LogP contribution in [-0.2, 0) is 0 Å². The van der Waals surface area contributed by atoms with Gasteiger partial charge in [-0.15, -0.1) is 23.9 Å². The summed E-state index contributed by atoms with van der Waals surface area (Å²) < 4.78 is 0. The number of carbonyl (C=O) groups excluding carboxylic acids is 1. The molecule has 1 heterocycles. The van der Waals surface area contributed by atoms with Crippen LogP contribution in [0.1, 0.15) is 51.9 Å². The number of anilines is 1. The molecule has 0 bridgehead atoms. The lowest BCUT2D eigenvalue weighted by atomic mass is 10.2. The van der Waals surface area contributed by atoms with Gasteiger partial charge in [0.05, 0.1) is 5.88 Å². The van der Waals surface area contributed by atoms with Crippen LogP contribution in [0.2, 0.25) is 0 Å². The van der Waals surface area contributed by atoms with Gasteiger partial charge < -0.3 is 4.90 Å². The molecule has 4 heteroatoms. The van der Waals surface area contributed by atoms with Crippen LogP contribution < -0.4 is 4.90 Å². The summed E-state index contributed by atoms with van der Waals surface area (Å²) in [5.74, 6) is 2.98. The first-order valence-electron chi connectivity index (χ1n) is 7.38. The van der Waals surface area contributed by atoms with Gasteiger partial charge in [-0.1, -0.05) is 19.9 Å². The topological polar surface area (TPSA) is 33.2 Å². The third-order valence-electron chi connectivity index (χ3n) is 2.63. The molecule has 0 radical (unpaired) electrons. The van der Waals surface area contributed by atoms with E-state index >= 15 is 0 Å². The number of ketones is 1. The Morgan fingerprint density at radius 2 is 2.00 bits per heavy atom. The molecule has 0 aliphatic carbocycles. The number of nitrogens with zero attached hydrogens (tertiary/aromatic N) is 2. The second kappa shape index (κ2) is 14.2. The molecule has 0 aliphatic heterocycles. The van der Waals surface area contributed by atoms with Gasteiger partial charge >= 0.3 is 0 Å². The molecule has 22 heavy (non-hydrogen) atoms. The number of rotatable bonds is 5. The Hall–Kier alpha value is -1.79. The van der Waals surface area contributed by atoms with Crippen molar-refractivity contribution in [2.24, 2.45) is 0 Å². The number of hydrogen-bond acceptors (Lipinski definition) is 3. The summed E-state index contributed by atoms with van der Waals surface area (Å²) in [4.78, 5) is 17.7. The average molecular weight is 323 g/mol. The van der Waals surface area contributed by atoms with Gasteiger partial charge in [-0.2, -0.15) is 0 Å². The van der Waals surface area contributed by atoms with E-state index < -0.39 is 0 Å². The van der Waals surface area contributed by atoms with E-state index in [1.807, 2.05) is 39.8 Å². The van der Waals surface area contributed by atoms with Crippen molar-refractivity contribution in [1.82, 2.24) is 4.98 Å². The van der Waals surface area contributed by atoms with E-state index in [2.05, 4.69) is 29.2 Å². The molecule has 0 unspecified atom stereocenters. The van der Waals surface area contributed by atoms with Crippen LogP contribution >= 0.6 is 11.6 Å². The van der Waals surface area contributed by atoms with Crippen LogP contribution in [0.4, 0.5) is 5.82 Å². The fourth-order valence-electron chi connectivity index (χ4n) is 1.54. The minimum absolute atomic E-state index is 0.00753. The molecule has 0 saturated carbocycles. The average Bonchev–Trinajstić information content (AvgIpc) is 2.57. The van der Waals surface area contributed by atoms with Crippen LogP contribution in [0.15, 0.2) is 30.1 Å². The van der Waals surface area contributed by atoms with E-state index in [1.54, 1.807) is 19.2 Å². The molecule has 0 amide bonds. The molecule has 0 atom stereocenters. The number of aromatic nitrogens is 1. The lowest BCUT2D eigenvalue weighted by Gasteiger charge is -2.22. The second-order valence-electron chi connectivity index (χ2n) is 3.92. The minimum atomic E-state index is -0.100. The highest BCUT2D eigenvalue weighted by Crippen LogP contribution is 2.16. The zero-order chi connectivity index (χ0) is 17.5. The summed E-state index contributed by atoms with van der Waals surface area (Å²) in [5.41, 5.74) is 1.69.